The minimum atomic E-state index is -1.09. The van der Waals surface area contributed by atoms with Gasteiger partial charge in [-0.1, -0.05) is 24.6 Å². The predicted molar refractivity (Wildman–Crippen MR) is 95.8 cm³/mol. The molecule has 2 heterocycles. The van der Waals surface area contributed by atoms with Gasteiger partial charge in [0.05, 0.1) is 12.7 Å². The van der Waals surface area contributed by atoms with Crippen LogP contribution in [0, 0.1) is 5.41 Å². The summed E-state index contributed by atoms with van der Waals surface area (Å²) in [5.41, 5.74) is 1.10. The highest BCUT2D eigenvalue weighted by Crippen LogP contribution is 2.38. The molecular formula is C19H30N4O2. The summed E-state index contributed by atoms with van der Waals surface area (Å²) in [4.78, 5) is 14.3. The predicted octanol–water partition coefficient (Wildman–Crippen LogP) is 2.81. The number of amides is 1. The van der Waals surface area contributed by atoms with Gasteiger partial charge in [0.25, 0.3) is 0 Å². The lowest BCUT2D eigenvalue weighted by atomic mass is 9.75. The third-order valence-corrected chi connectivity index (χ3v) is 5.65. The summed E-state index contributed by atoms with van der Waals surface area (Å²) >= 11 is 0. The Bertz CT molecular complexity index is 665. The first-order chi connectivity index (χ1) is 11.7. The lowest BCUT2D eigenvalue weighted by Gasteiger charge is -2.31. The number of aliphatic hydroxyl groups is 1. The van der Waals surface area contributed by atoms with Crippen LogP contribution in [0.15, 0.2) is 17.8 Å². The van der Waals surface area contributed by atoms with Crippen LogP contribution in [0.3, 0.4) is 0 Å². The number of carbonyl (C=O) groups is 1. The van der Waals surface area contributed by atoms with E-state index in [-0.39, 0.29) is 18.5 Å². The standard InChI is InChI=1S/C19H30N4O2/c1-14(2)23-12-16(20-21-23)19(25)9-10-22(13-19)17(24)11-15-5-7-18(3,4)8-6-15/h11-12,14,25H,5-10,13H2,1-4H3/t19-/m1/s1. The molecule has 0 unspecified atom stereocenters. The highest BCUT2D eigenvalue weighted by Gasteiger charge is 2.41. The molecule has 1 aliphatic heterocycles. The Morgan fingerprint density at radius 1 is 1.28 bits per heavy atom. The number of carbonyl (C=O) groups excluding carboxylic acids is 1. The molecule has 1 amide bonds. The second-order valence-electron chi connectivity index (χ2n) is 8.69. The van der Waals surface area contributed by atoms with Gasteiger partial charge < -0.3 is 10.0 Å². The first kappa shape index (κ1) is 18.1. The van der Waals surface area contributed by atoms with Gasteiger partial charge in [-0.25, -0.2) is 4.68 Å². The normalized spacial score (nSPS) is 26.3. The summed E-state index contributed by atoms with van der Waals surface area (Å²) in [5.74, 6) is 0.0156. The number of hydrogen-bond acceptors (Lipinski definition) is 4. The molecule has 1 aromatic rings. The molecule has 1 N–H and O–H groups in total. The summed E-state index contributed by atoms with van der Waals surface area (Å²) in [6, 6.07) is 0.198. The molecule has 1 saturated carbocycles. The number of aromatic nitrogens is 3. The number of allylic oxidation sites excluding steroid dienone is 1. The minimum absolute atomic E-state index is 0.0156. The molecule has 2 aliphatic rings. The summed E-state index contributed by atoms with van der Waals surface area (Å²) in [5, 5.41) is 19.1. The van der Waals surface area contributed by atoms with Crippen molar-refractivity contribution in [2.75, 3.05) is 13.1 Å². The van der Waals surface area contributed by atoms with Crippen molar-refractivity contribution >= 4 is 5.91 Å². The van der Waals surface area contributed by atoms with Gasteiger partial charge >= 0.3 is 0 Å². The SMILES string of the molecule is CC(C)n1cc([C@@]2(O)CCN(C(=O)C=C3CCC(C)(C)CC3)C2)nn1. The fraction of sp³-hybridized carbons (Fsp3) is 0.737. The van der Waals surface area contributed by atoms with E-state index >= 15 is 0 Å². The molecule has 1 atom stereocenters. The first-order valence-electron chi connectivity index (χ1n) is 9.32. The van der Waals surface area contributed by atoms with Gasteiger partial charge in [0.15, 0.2) is 0 Å². The van der Waals surface area contributed by atoms with Crippen LogP contribution < -0.4 is 0 Å². The first-order valence-corrected chi connectivity index (χ1v) is 9.32. The van der Waals surface area contributed by atoms with Crippen LogP contribution in [0.2, 0.25) is 0 Å². The van der Waals surface area contributed by atoms with Crippen molar-refractivity contribution in [1.82, 2.24) is 19.9 Å². The Morgan fingerprint density at radius 2 is 1.96 bits per heavy atom. The molecule has 25 heavy (non-hydrogen) atoms. The van der Waals surface area contributed by atoms with E-state index in [1.807, 2.05) is 13.8 Å². The van der Waals surface area contributed by atoms with Crippen molar-refractivity contribution in [2.24, 2.45) is 5.41 Å². The molecule has 1 aromatic heterocycles. The molecule has 1 saturated heterocycles. The monoisotopic (exact) mass is 346 g/mol. The Hall–Kier alpha value is -1.69. The average molecular weight is 346 g/mol. The quantitative estimate of drug-likeness (QED) is 0.854. The van der Waals surface area contributed by atoms with Crippen LogP contribution in [0.5, 0.6) is 0 Å². The second kappa shape index (κ2) is 6.56. The van der Waals surface area contributed by atoms with Crippen LogP contribution in [-0.2, 0) is 10.4 Å². The Morgan fingerprint density at radius 3 is 2.56 bits per heavy atom. The van der Waals surface area contributed by atoms with Crippen LogP contribution in [-0.4, -0.2) is 44.0 Å². The Kier molecular flexibility index (Phi) is 4.75. The van der Waals surface area contributed by atoms with Gasteiger partial charge in [-0.05, 0) is 44.9 Å². The third kappa shape index (κ3) is 3.94. The summed E-state index contributed by atoms with van der Waals surface area (Å²) in [7, 11) is 0. The maximum atomic E-state index is 12.6. The summed E-state index contributed by atoms with van der Waals surface area (Å²) in [6.07, 6.45) is 8.36. The molecular weight excluding hydrogens is 316 g/mol. The average Bonchev–Trinajstić information content (AvgIpc) is 3.17. The molecule has 6 heteroatoms. The van der Waals surface area contributed by atoms with Crippen molar-refractivity contribution < 1.29 is 9.90 Å². The third-order valence-electron chi connectivity index (χ3n) is 5.65. The summed E-state index contributed by atoms with van der Waals surface area (Å²) < 4.78 is 1.74. The maximum absolute atomic E-state index is 12.6. The highest BCUT2D eigenvalue weighted by atomic mass is 16.3. The van der Waals surface area contributed by atoms with Gasteiger partial charge in [0.1, 0.15) is 11.3 Å². The Balaban J connectivity index is 1.64. The van der Waals surface area contributed by atoms with Crippen molar-refractivity contribution in [3.05, 3.63) is 23.5 Å². The van der Waals surface area contributed by atoms with Gasteiger partial charge in [-0.15, -0.1) is 5.10 Å². The van der Waals surface area contributed by atoms with Crippen molar-refractivity contribution in [2.45, 2.75) is 71.4 Å². The van der Waals surface area contributed by atoms with E-state index in [1.165, 1.54) is 5.57 Å². The van der Waals surface area contributed by atoms with E-state index in [0.717, 1.165) is 25.7 Å². The summed E-state index contributed by atoms with van der Waals surface area (Å²) in [6.45, 7) is 9.46. The van der Waals surface area contributed by atoms with Gasteiger partial charge in [-0.3, -0.25) is 4.79 Å². The van der Waals surface area contributed by atoms with E-state index in [2.05, 4.69) is 24.2 Å². The molecule has 0 radical (unpaired) electrons. The van der Waals surface area contributed by atoms with E-state index in [4.69, 9.17) is 0 Å². The van der Waals surface area contributed by atoms with Crippen LogP contribution in [0.4, 0.5) is 0 Å². The molecule has 3 rings (SSSR count). The van der Waals surface area contributed by atoms with Gasteiger partial charge in [-0.2, -0.15) is 0 Å². The number of likely N-dealkylation sites (tertiary alicyclic amines) is 1. The molecule has 138 valence electrons. The van der Waals surface area contributed by atoms with Crippen LogP contribution in [0.25, 0.3) is 0 Å². The molecule has 1 aliphatic carbocycles. The zero-order chi connectivity index (χ0) is 18.2. The zero-order valence-electron chi connectivity index (χ0n) is 15.8. The lowest BCUT2D eigenvalue weighted by Crippen LogP contribution is -2.34. The zero-order valence-corrected chi connectivity index (χ0v) is 15.8. The van der Waals surface area contributed by atoms with Crippen molar-refractivity contribution in [3.8, 4) is 0 Å². The van der Waals surface area contributed by atoms with Crippen LogP contribution in [0.1, 0.15) is 71.5 Å². The largest absolute Gasteiger partial charge is 0.381 e. The number of nitrogens with zero attached hydrogens (tertiary/aromatic N) is 4. The molecule has 0 spiro atoms. The van der Waals surface area contributed by atoms with E-state index < -0.39 is 5.60 Å². The molecule has 0 aromatic carbocycles. The highest BCUT2D eigenvalue weighted by molar-refractivity contribution is 5.88. The molecule has 6 nitrogen and oxygen atoms in total. The van der Waals surface area contributed by atoms with E-state index in [9.17, 15) is 9.90 Å². The Labute approximate surface area is 149 Å². The fourth-order valence-electron chi connectivity index (χ4n) is 3.59. The lowest BCUT2D eigenvalue weighted by molar-refractivity contribution is -0.126. The van der Waals surface area contributed by atoms with Gasteiger partial charge in [0.2, 0.25) is 5.91 Å². The molecule has 0 bridgehead atoms. The minimum Gasteiger partial charge on any atom is -0.381 e. The smallest absolute Gasteiger partial charge is 0.246 e. The van der Waals surface area contributed by atoms with E-state index in [0.29, 0.717) is 24.1 Å². The molecule has 2 fully saturated rings. The number of rotatable bonds is 3. The maximum Gasteiger partial charge on any atom is 0.246 e. The second-order valence-corrected chi connectivity index (χ2v) is 8.69. The van der Waals surface area contributed by atoms with Crippen LogP contribution >= 0.6 is 0 Å². The van der Waals surface area contributed by atoms with Crippen molar-refractivity contribution in [1.29, 1.82) is 0 Å². The van der Waals surface area contributed by atoms with E-state index in [1.54, 1.807) is 21.9 Å². The number of β-amino-alcohol motifs (C(OH)–C–C–N with tert-alkyl or cyclic N) is 1. The fourth-order valence-corrected chi connectivity index (χ4v) is 3.59. The topological polar surface area (TPSA) is 71.2 Å². The number of hydrogen-bond donors (Lipinski definition) is 1. The van der Waals surface area contributed by atoms with Crippen molar-refractivity contribution in [3.63, 3.8) is 0 Å². The van der Waals surface area contributed by atoms with Gasteiger partial charge in [0, 0.05) is 25.1 Å².